The maximum absolute atomic E-state index is 14.1. The maximum Gasteiger partial charge on any atom is 0.226 e. The fourth-order valence-electron chi connectivity index (χ4n) is 4.53. The molecule has 8 heteroatoms. The van der Waals surface area contributed by atoms with Crippen molar-refractivity contribution in [3.05, 3.63) is 101 Å². The van der Waals surface area contributed by atoms with E-state index in [1.165, 1.54) is 24.3 Å². The van der Waals surface area contributed by atoms with Crippen LogP contribution in [0.15, 0.2) is 72.8 Å². The van der Waals surface area contributed by atoms with Gasteiger partial charge in [0, 0.05) is 30.3 Å². The van der Waals surface area contributed by atoms with Crippen LogP contribution in [0.25, 0.3) is 11.3 Å². The summed E-state index contributed by atoms with van der Waals surface area (Å²) < 4.78 is 29.7. The van der Waals surface area contributed by atoms with Crippen LogP contribution in [0.4, 0.5) is 20.3 Å². The third-order valence-electron chi connectivity index (χ3n) is 6.39. The zero-order valence-electron chi connectivity index (χ0n) is 19.7. The lowest BCUT2D eigenvalue weighted by Gasteiger charge is -2.30. The van der Waals surface area contributed by atoms with Crippen LogP contribution < -0.4 is 5.32 Å². The number of nitrogens with one attached hydrogen (secondary N) is 1. The zero-order valence-corrected chi connectivity index (χ0v) is 20.5. The number of halogens is 3. The van der Waals surface area contributed by atoms with E-state index >= 15 is 0 Å². The Morgan fingerprint density at radius 2 is 1.81 bits per heavy atom. The van der Waals surface area contributed by atoms with Crippen molar-refractivity contribution in [2.45, 2.75) is 26.4 Å². The van der Waals surface area contributed by atoms with Crippen LogP contribution in [0, 0.1) is 17.6 Å². The van der Waals surface area contributed by atoms with Crippen LogP contribution in [-0.4, -0.2) is 26.9 Å². The summed E-state index contributed by atoms with van der Waals surface area (Å²) in [6.45, 7) is 3.34. The molecule has 4 aromatic rings. The third-order valence-corrected chi connectivity index (χ3v) is 6.70. The molecule has 1 amide bonds. The minimum Gasteiger partial charge on any atom is -0.340 e. The highest BCUT2D eigenvalue weighted by molar-refractivity contribution is 6.30. The summed E-state index contributed by atoms with van der Waals surface area (Å²) in [6, 6.07) is 20.5. The molecule has 1 unspecified atom stereocenters. The second-order valence-corrected chi connectivity index (χ2v) is 9.40. The van der Waals surface area contributed by atoms with Crippen molar-refractivity contribution in [2.75, 3.05) is 11.9 Å². The molecule has 1 aliphatic heterocycles. The minimum atomic E-state index is -0.535. The first-order valence-electron chi connectivity index (χ1n) is 11.8. The smallest absolute Gasteiger partial charge is 0.226 e. The topological polar surface area (TPSA) is 50.2 Å². The number of anilines is 2. The molecule has 3 aromatic carbocycles. The monoisotopic (exact) mass is 506 g/mol. The first kappa shape index (κ1) is 24.0. The maximum atomic E-state index is 14.1. The van der Waals surface area contributed by atoms with Gasteiger partial charge in [0.1, 0.15) is 29.0 Å². The largest absolute Gasteiger partial charge is 0.340 e. The van der Waals surface area contributed by atoms with Gasteiger partial charge in [-0.25, -0.2) is 13.8 Å². The Hall–Kier alpha value is -3.71. The molecule has 0 radical (unpaired) electrons. The first-order chi connectivity index (χ1) is 17.4. The number of carbonyl (C=O) groups is 1. The van der Waals surface area contributed by atoms with Gasteiger partial charge in [-0.15, -0.1) is 0 Å². The number of hydrogen-bond donors (Lipinski definition) is 1. The summed E-state index contributed by atoms with van der Waals surface area (Å²) in [5.41, 5.74) is 2.95. The summed E-state index contributed by atoms with van der Waals surface area (Å²) in [7, 11) is 0. The summed E-state index contributed by atoms with van der Waals surface area (Å²) in [6.07, 6.45) is 0.667. The highest BCUT2D eigenvalue weighted by Gasteiger charge is 2.29. The van der Waals surface area contributed by atoms with Crippen molar-refractivity contribution in [3.8, 4) is 11.3 Å². The third kappa shape index (κ3) is 4.97. The van der Waals surface area contributed by atoms with E-state index in [1.807, 2.05) is 46.7 Å². The number of nitrogens with zero attached hydrogens (tertiary/aromatic N) is 3. The lowest BCUT2D eigenvalue weighted by Crippen LogP contribution is -2.41. The van der Waals surface area contributed by atoms with Gasteiger partial charge in [-0.1, -0.05) is 48.9 Å². The molecule has 0 saturated carbocycles. The number of carbonyl (C=O) groups excluding carboxylic acids is 1. The fraction of sp³-hybridized carbons (Fsp3) is 0.214. The summed E-state index contributed by atoms with van der Waals surface area (Å²) in [4.78, 5) is 19.9. The van der Waals surface area contributed by atoms with E-state index in [4.69, 9.17) is 16.6 Å². The minimum absolute atomic E-state index is 0.0356. The molecular formula is C28H25ClF2N4O. The summed E-state index contributed by atoms with van der Waals surface area (Å²) in [5, 5.41) is 3.30. The molecule has 5 nitrogen and oxygen atoms in total. The van der Waals surface area contributed by atoms with Crippen molar-refractivity contribution in [1.29, 1.82) is 0 Å². The number of rotatable bonds is 6. The zero-order chi connectivity index (χ0) is 25.2. The quantitative estimate of drug-likeness (QED) is 0.327. The van der Waals surface area contributed by atoms with Crippen molar-refractivity contribution in [2.24, 2.45) is 5.92 Å². The van der Waals surface area contributed by atoms with Crippen molar-refractivity contribution in [3.63, 3.8) is 0 Å². The van der Waals surface area contributed by atoms with E-state index < -0.39 is 5.82 Å². The standard InChI is InChI=1S/C28H25ClF2N4O/c1-18(15-19-5-3-2-4-6-19)28(36)34-13-14-35-25(17-34)33-26(20-7-9-21(30)10-8-20)27(35)32-22-11-12-23(29)24(31)16-22/h2-12,16,18,32H,13-15,17H2,1H3. The molecule has 184 valence electrons. The molecule has 0 aliphatic carbocycles. The number of aromatic nitrogens is 2. The fourth-order valence-corrected chi connectivity index (χ4v) is 4.65. The Bertz CT molecular complexity index is 1390. The number of imidazole rings is 1. The number of fused-ring (bicyclic) bond motifs is 1. The lowest BCUT2D eigenvalue weighted by molar-refractivity contribution is -0.136. The molecule has 5 rings (SSSR count). The number of amides is 1. The van der Waals surface area contributed by atoms with Crippen LogP contribution in [0.1, 0.15) is 18.3 Å². The average Bonchev–Trinajstić information content (AvgIpc) is 3.24. The van der Waals surface area contributed by atoms with Gasteiger partial charge in [0.2, 0.25) is 5.91 Å². The molecule has 0 fully saturated rings. The Morgan fingerprint density at radius 1 is 1.06 bits per heavy atom. The molecule has 1 N–H and O–H groups in total. The van der Waals surface area contributed by atoms with Crippen LogP contribution in [-0.2, 0) is 24.3 Å². The molecule has 0 bridgehead atoms. The number of benzene rings is 3. The van der Waals surface area contributed by atoms with Crippen LogP contribution >= 0.6 is 11.6 Å². The van der Waals surface area contributed by atoms with E-state index in [9.17, 15) is 13.6 Å². The molecule has 1 aliphatic rings. The van der Waals surface area contributed by atoms with Gasteiger partial charge in [0.15, 0.2) is 0 Å². The van der Waals surface area contributed by atoms with Gasteiger partial charge < -0.3 is 14.8 Å². The molecule has 1 aromatic heterocycles. The lowest BCUT2D eigenvalue weighted by atomic mass is 9.99. The van der Waals surface area contributed by atoms with Crippen molar-refractivity contribution < 1.29 is 13.6 Å². The SMILES string of the molecule is CC(Cc1ccccc1)C(=O)N1CCn2c(nc(-c3ccc(F)cc3)c2Nc2ccc(Cl)c(F)c2)C1. The highest BCUT2D eigenvalue weighted by Crippen LogP contribution is 2.34. The average molecular weight is 507 g/mol. The van der Waals surface area contributed by atoms with E-state index in [0.29, 0.717) is 54.6 Å². The Balaban J connectivity index is 1.44. The van der Waals surface area contributed by atoms with Gasteiger partial charge in [0.25, 0.3) is 0 Å². The van der Waals surface area contributed by atoms with Crippen molar-refractivity contribution in [1.82, 2.24) is 14.5 Å². The van der Waals surface area contributed by atoms with Crippen LogP contribution in [0.3, 0.4) is 0 Å². The summed E-state index contributed by atoms with van der Waals surface area (Å²) in [5.74, 6) is 0.389. The molecule has 0 saturated heterocycles. The molecule has 0 spiro atoms. The van der Waals surface area contributed by atoms with Gasteiger partial charge >= 0.3 is 0 Å². The number of hydrogen-bond acceptors (Lipinski definition) is 3. The van der Waals surface area contributed by atoms with Crippen LogP contribution in [0.2, 0.25) is 5.02 Å². The van der Waals surface area contributed by atoms with Crippen LogP contribution in [0.5, 0.6) is 0 Å². The first-order valence-corrected chi connectivity index (χ1v) is 12.2. The van der Waals surface area contributed by atoms with E-state index in [-0.39, 0.29) is 22.7 Å². The van der Waals surface area contributed by atoms with E-state index in [2.05, 4.69) is 5.32 Å². The van der Waals surface area contributed by atoms with Gasteiger partial charge in [-0.3, -0.25) is 4.79 Å². The van der Waals surface area contributed by atoms with Gasteiger partial charge in [-0.05, 0) is 54.4 Å². The van der Waals surface area contributed by atoms with Gasteiger partial charge in [0.05, 0.1) is 11.6 Å². The predicted octanol–water partition coefficient (Wildman–Crippen LogP) is 6.45. The Morgan fingerprint density at radius 3 is 2.53 bits per heavy atom. The van der Waals surface area contributed by atoms with Gasteiger partial charge in [-0.2, -0.15) is 0 Å². The predicted molar refractivity (Wildman–Crippen MR) is 137 cm³/mol. The molecular weight excluding hydrogens is 482 g/mol. The Labute approximate surface area is 213 Å². The van der Waals surface area contributed by atoms with Crippen molar-refractivity contribution >= 4 is 29.0 Å². The molecule has 2 heterocycles. The second kappa shape index (κ2) is 10.1. The molecule has 1 atom stereocenters. The Kier molecular flexibility index (Phi) is 6.74. The molecule has 36 heavy (non-hydrogen) atoms. The summed E-state index contributed by atoms with van der Waals surface area (Å²) >= 11 is 5.85. The van der Waals surface area contributed by atoms with E-state index in [0.717, 1.165) is 5.56 Å². The van der Waals surface area contributed by atoms with E-state index in [1.54, 1.807) is 18.2 Å². The highest BCUT2D eigenvalue weighted by atomic mass is 35.5. The second-order valence-electron chi connectivity index (χ2n) is 8.99. The normalized spacial score (nSPS) is 13.8.